The molecule has 0 amide bonds. The minimum atomic E-state index is 0.122. The first kappa shape index (κ1) is 11.2. The molecule has 0 saturated carbocycles. The molecule has 0 atom stereocenters. The first-order valence-electron chi connectivity index (χ1n) is 5.61. The molecule has 0 fully saturated rings. The van der Waals surface area contributed by atoms with Crippen LogP contribution >= 0.6 is 0 Å². The van der Waals surface area contributed by atoms with Gasteiger partial charge in [0, 0.05) is 10.9 Å². The Bertz CT molecular complexity index is 772. The van der Waals surface area contributed by atoms with E-state index in [2.05, 4.69) is 15.0 Å². The predicted octanol–water partition coefficient (Wildman–Crippen LogP) is 1.56. The molecule has 94 valence electrons. The summed E-state index contributed by atoms with van der Waals surface area (Å²) in [4.78, 5) is 12.3. The van der Waals surface area contributed by atoms with Gasteiger partial charge in [-0.1, -0.05) is 12.1 Å². The third-order valence-electron chi connectivity index (χ3n) is 2.77. The van der Waals surface area contributed by atoms with Gasteiger partial charge in [-0.15, -0.1) is 0 Å². The van der Waals surface area contributed by atoms with Crippen molar-refractivity contribution in [1.29, 1.82) is 0 Å². The van der Waals surface area contributed by atoms with Crippen molar-refractivity contribution >= 4 is 22.7 Å². The molecule has 0 spiro atoms. The van der Waals surface area contributed by atoms with Crippen LogP contribution in [0.2, 0.25) is 0 Å². The van der Waals surface area contributed by atoms with Gasteiger partial charge in [0.15, 0.2) is 0 Å². The van der Waals surface area contributed by atoms with Crippen LogP contribution in [-0.2, 0) is 0 Å². The molecular formula is C13H11N5O. The molecule has 0 aliphatic heterocycles. The number of benzene rings is 1. The van der Waals surface area contributed by atoms with Gasteiger partial charge in [-0.05, 0) is 18.2 Å². The Morgan fingerprint density at radius 2 is 1.89 bits per heavy atom. The number of nitrogens with two attached hydrogens (primary N) is 2. The summed E-state index contributed by atoms with van der Waals surface area (Å²) in [5.41, 5.74) is 13.4. The fraction of sp³-hybridized carbons (Fsp3) is 0. The summed E-state index contributed by atoms with van der Waals surface area (Å²) in [6, 6.07) is 8.60. The average Bonchev–Trinajstić information content (AvgIpc) is 2.38. The lowest BCUT2D eigenvalue weighted by atomic mass is 10.1. The van der Waals surface area contributed by atoms with Crippen LogP contribution in [0.1, 0.15) is 0 Å². The van der Waals surface area contributed by atoms with E-state index < -0.39 is 0 Å². The number of nitrogen functional groups attached to an aromatic ring is 2. The standard InChI is InChI=1S/C13H11N5O/c14-12-9-5-10(7-2-1-3-8(19)4-7)16-6-11(9)17-13(15)18-12/h1-6,19H,(H4,14,15,17,18). The lowest BCUT2D eigenvalue weighted by Crippen LogP contribution is -2.01. The van der Waals surface area contributed by atoms with Crippen molar-refractivity contribution in [1.82, 2.24) is 15.0 Å². The van der Waals surface area contributed by atoms with Gasteiger partial charge in [-0.2, -0.15) is 4.98 Å². The zero-order valence-electron chi connectivity index (χ0n) is 9.91. The summed E-state index contributed by atoms with van der Waals surface area (Å²) in [5.74, 6) is 0.615. The van der Waals surface area contributed by atoms with Gasteiger partial charge < -0.3 is 16.6 Å². The van der Waals surface area contributed by atoms with Gasteiger partial charge >= 0.3 is 0 Å². The van der Waals surface area contributed by atoms with E-state index in [4.69, 9.17) is 11.5 Å². The smallest absolute Gasteiger partial charge is 0.222 e. The SMILES string of the molecule is Nc1nc(N)c2cc(-c3cccc(O)c3)ncc2n1. The Morgan fingerprint density at radius 3 is 2.68 bits per heavy atom. The van der Waals surface area contributed by atoms with E-state index in [0.717, 1.165) is 5.56 Å². The van der Waals surface area contributed by atoms with E-state index in [1.54, 1.807) is 30.5 Å². The molecule has 0 saturated heterocycles. The Balaban J connectivity index is 2.22. The van der Waals surface area contributed by atoms with E-state index in [1.807, 2.05) is 6.07 Å². The summed E-state index contributed by atoms with van der Waals surface area (Å²) in [7, 11) is 0. The summed E-state index contributed by atoms with van der Waals surface area (Å²) < 4.78 is 0. The number of phenolic OH excluding ortho intramolecular Hbond substituents is 1. The average molecular weight is 253 g/mol. The Hall–Kier alpha value is -2.89. The van der Waals surface area contributed by atoms with E-state index in [9.17, 15) is 5.11 Å². The second-order valence-corrected chi connectivity index (χ2v) is 4.10. The number of hydrogen-bond acceptors (Lipinski definition) is 6. The molecule has 3 aromatic rings. The maximum atomic E-state index is 9.48. The number of nitrogens with zero attached hydrogens (tertiary/aromatic N) is 3. The third kappa shape index (κ3) is 1.99. The van der Waals surface area contributed by atoms with E-state index >= 15 is 0 Å². The Labute approximate surface area is 108 Å². The highest BCUT2D eigenvalue weighted by Gasteiger charge is 2.07. The number of anilines is 2. The number of fused-ring (bicyclic) bond motifs is 1. The highest BCUT2D eigenvalue weighted by Crippen LogP contribution is 2.26. The summed E-state index contributed by atoms with van der Waals surface area (Å²) in [5, 5.41) is 10.2. The molecule has 0 aliphatic rings. The van der Waals surface area contributed by atoms with Crippen molar-refractivity contribution in [3.05, 3.63) is 36.5 Å². The Kier molecular flexibility index (Phi) is 2.42. The van der Waals surface area contributed by atoms with Crippen molar-refractivity contribution in [3.63, 3.8) is 0 Å². The molecule has 6 heteroatoms. The molecule has 0 unspecified atom stereocenters. The largest absolute Gasteiger partial charge is 0.508 e. The second-order valence-electron chi connectivity index (χ2n) is 4.10. The predicted molar refractivity (Wildman–Crippen MR) is 73.3 cm³/mol. The number of phenols is 1. The molecule has 3 rings (SSSR count). The molecule has 19 heavy (non-hydrogen) atoms. The van der Waals surface area contributed by atoms with Gasteiger partial charge in [0.05, 0.1) is 17.4 Å². The van der Waals surface area contributed by atoms with Crippen LogP contribution in [0, 0.1) is 0 Å². The summed E-state index contributed by atoms with van der Waals surface area (Å²) >= 11 is 0. The van der Waals surface area contributed by atoms with E-state index in [1.165, 1.54) is 0 Å². The maximum absolute atomic E-state index is 9.48. The van der Waals surface area contributed by atoms with Gasteiger partial charge in [-0.25, -0.2) is 4.98 Å². The monoisotopic (exact) mass is 253 g/mol. The first-order valence-corrected chi connectivity index (χ1v) is 5.61. The van der Waals surface area contributed by atoms with Crippen LogP contribution in [0.5, 0.6) is 5.75 Å². The van der Waals surface area contributed by atoms with Crippen molar-refractivity contribution in [2.75, 3.05) is 11.5 Å². The minimum absolute atomic E-state index is 0.122. The molecule has 1 aromatic carbocycles. The van der Waals surface area contributed by atoms with Gasteiger partial charge in [0.1, 0.15) is 11.6 Å². The number of rotatable bonds is 1. The van der Waals surface area contributed by atoms with Crippen molar-refractivity contribution in [2.24, 2.45) is 0 Å². The second kappa shape index (κ2) is 4.09. The normalized spacial score (nSPS) is 10.7. The highest BCUT2D eigenvalue weighted by molar-refractivity contribution is 5.90. The molecule has 2 aromatic heterocycles. The first-order chi connectivity index (χ1) is 9.13. The van der Waals surface area contributed by atoms with Crippen LogP contribution in [-0.4, -0.2) is 20.1 Å². The number of pyridine rings is 1. The van der Waals surface area contributed by atoms with Crippen LogP contribution in [0.3, 0.4) is 0 Å². The fourth-order valence-corrected chi connectivity index (χ4v) is 1.90. The highest BCUT2D eigenvalue weighted by atomic mass is 16.3. The molecule has 0 aliphatic carbocycles. The number of aromatic nitrogens is 3. The van der Waals surface area contributed by atoms with Crippen molar-refractivity contribution < 1.29 is 5.11 Å². The van der Waals surface area contributed by atoms with E-state index in [-0.39, 0.29) is 11.7 Å². The van der Waals surface area contributed by atoms with Gasteiger partial charge in [-0.3, -0.25) is 4.98 Å². The third-order valence-corrected chi connectivity index (χ3v) is 2.77. The fourth-order valence-electron chi connectivity index (χ4n) is 1.90. The molecule has 0 radical (unpaired) electrons. The quantitative estimate of drug-likeness (QED) is 0.607. The van der Waals surface area contributed by atoms with E-state index in [0.29, 0.717) is 22.4 Å². The lowest BCUT2D eigenvalue weighted by Gasteiger charge is -2.05. The van der Waals surface area contributed by atoms with Crippen LogP contribution in [0.15, 0.2) is 36.5 Å². The Morgan fingerprint density at radius 1 is 1.05 bits per heavy atom. The summed E-state index contributed by atoms with van der Waals surface area (Å²) in [6.07, 6.45) is 1.59. The van der Waals surface area contributed by atoms with Crippen molar-refractivity contribution in [3.8, 4) is 17.0 Å². The zero-order chi connectivity index (χ0) is 13.4. The summed E-state index contributed by atoms with van der Waals surface area (Å²) in [6.45, 7) is 0. The number of hydrogen-bond donors (Lipinski definition) is 3. The minimum Gasteiger partial charge on any atom is -0.508 e. The van der Waals surface area contributed by atoms with Crippen molar-refractivity contribution in [2.45, 2.75) is 0 Å². The van der Waals surface area contributed by atoms with Crippen LogP contribution in [0.4, 0.5) is 11.8 Å². The molecule has 0 bridgehead atoms. The molecule has 5 N–H and O–H groups in total. The molecular weight excluding hydrogens is 242 g/mol. The number of aromatic hydroxyl groups is 1. The topological polar surface area (TPSA) is 111 Å². The van der Waals surface area contributed by atoms with Crippen LogP contribution in [0.25, 0.3) is 22.2 Å². The van der Waals surface area contributed by atoms with Crippen LogP contribution < -0.4 is 11.5 Å². The van der Waals surface area contributed by atoms with Gasteiger partial charge in [0.2, 0.25) is 5.95 Å². The van der Waals surface area contributed by atoms with Gasteiger partial charge in [0.25, 0.3) is 0 Å². The zero-order valence-corrected chi connectivity index (χ0v) is 9.91. The molecule has 2 heterocycles. The molecule has 6 nitrogen and oxygen atoms in total. The lowest BCUT2D eigenvalue weighted by molar-refractivity contribution is 0.475. The maximum Gasteiger partial charge on any atom is 0.222 e.